The van der Waals surface area contributed by atoms with E-state index in [0.717, 1.165) is 10.9 Å². The summed E-state index contributed by atoms with van der Waals surface area (Å²) in [7, 11) is 0. The lowest BCUT2D eigenvalue weighted by Gasteiger charge is -2.01. The van der Waals surface area contributed by atoms with Crippen molar-refractivity contribution in [1.82, 2.24) is 4.37 Å². The van der Waals surface area contributed by atoms with Crippen LogP contribution in [0.3, 0.4) is 0 Å². The molecule has 1 saturated carbocycles. The number of nitrogens with one attached hydrogen (secondary N) is 1. The van der Waals surface area contributed by atoms with Crippen LogP contribution >= 0.6 is 23.1 Å². The van der Waals surface area contributed by atoms with Crippen LogP contribution < -0.4 is 5.32 Å². The Morgan fingerprint density at radius 1 is 1.73 bits per heavy atom. The maximum absolute atomic E-state index is 8.88. The number of hydrogen-bond donors (Lipinski definition) is 1. The zero-order valence-corrected chi connectivity index (χ0v) is 10.0. The summed E-state index contributed by atoms with van der Waals surface area (Å²) in [6, 6.07) is 2.60. The molecule has 5 heteroatoms. The molecule has 3 nitrogen and oxygen atoms in total. The lowest BCUT2D eigenvalue weighted by molar-refractivity contribution is 0.693. The molecule has 0 spiro atoms. The van der Waals surface area contributed by atoms with Crippen molar-refractivity contribution in [2.75, 3.05) is 5.32 Å². The Morgan fingerprint density at radius 2 is 2.53 bits per heavy atom. The van der Waals surface area contributed by atoms with Crippen molar-refractivity contribution < 1.29 is 0 Å². The fraction of sp³-hybridized carbons (Fsp3) is 0.600. The fourth-order valence-corrected chi connectivity index (χ4v) is 2.75. The fourth-order valence-electron chi connectivity index (χ4n) is 1.75. The van der Waals surface area contributed by atoms with Crippen LogP contribution in [0.15, 0.2) is 0 Å². The number of nitriles is 1. The molecule has 1 fully saturated rings. The molecule has 80 valence electrons. The van der Waals surface area contributed by atoms with Gasteiger partial charge in [0.15, 0.2) is 5.15 Å². The number of anilines is 1. The second kappa shape index (κ2) is 4.38. The highest BCUT2D eigenvalue weighted by Gasteiger charge is 2.36. The van der Waals surface area contributed by atoms with Crippen molar-refractivity contribution in [3.05, 3.63) is 10.7 Å². The standard InChI is InChI=1S/C10H12ClN3S/c1-2-3-6-4-8(6)13-10-7(5-12)9(11)14-15-10/h6,8,13H,2-4H2,1H3. The largest absolute Gasteiger partial charge is 0.372 e. The molecule has 1 aromatic heterocycles. The van der Waals surface area contributed by atoms with E-state index in [9.17, 15) is 0 Å². The molecule has 1 N–H and O–H groups in total. The average Bonchev–Trinajstić information content (AvgIpc) is 2.83. The molecule has 15 heavy (non-hydrogen) atoms. The van der Waals surface area contributed by atoms with Crippen LogP contribution in [0.1, 0.15) is 31.7 Å². The first-order chi connectivity index (χ1) is 7.26. The van der Waals surface area contributed by atoms with Gasteiger partial charge >= 0.3 is 0 Å². The van der Waals surface area contributed by atoms with Gasteiger partial charge in [0.05, 0.1) is 0 Å². The lowest BCUT2D eigenvalue weighted by atomic mass is 10.2. The minimum atomic E-state index is 0.317. The summed E-state index contributed by atoms with van der Waals surface area (Å²) in [4.78, 5) is 0. The van der Waals surface area contributed by atoms with E-state index in [-0.39, 0.29) is 0 Å². The Kier molecular flexibility index (Phi) is 3.13. The van der Waals surface area contributed by atoms with Gasteiger partial charge in [-0.25, -0.2) is 0 Å². The van der Waals surface area contributed by atoms with Crippen molar-refractivity contribution in [2.45, 2.75) is 32.2 Å². The normalized spacial score (nSPS) is 23.5. The second-order valence-corrected chi connectivity index (χ2v) is 4.96. The first-order valence-electron chi connectivity index (χ1n) is 5.08. The van der Waals surface area contributed by atoms with Gasteiger partial charge in [-0.2, -0.15) is 9.64 Å². The molecule has 1 heterocycles. The predicted octanol–water partition coefficient (Wildman–Crippen LogP) is 3.27. The van der Waals surface area contributed by atoms with Crippen LogP contribution in [0, 0.1) is 17.2 Å². The third kappa shape index (κ3) is 2.24. The van der Waals surface area contributed by atoms with Gasteiger partial charge < -0.3 is 5.32 Å². The molecule has 0 saturated heterocycles. The minimum Gasteiger partial charge on any atom is -0.372 e. The molecule has 1 aromatic rings. The number of halogens is 1. The van der Waals surface area contributed by atoms with E-state index in [1.54, 1.807) is 0 Å². The third-order valence-corrected chi connectivity index (χ3v) is 3.81. The quantitative estimate of drug-likeness (QED) is 0.880. The Bertz CT molecular complexity index is 396. The molecule has 0 bridgehead atoms. The molecule has 0 aliphatic heterocycles. The average molecular weight is 242 g/mol. The highest BCUT2D eigenvalue weighted by molar-refractivity contribution is 7.10. The van der Waals surface area contributed by atoms with Crippen molar-refractivity contribution in [1.29, 1.82) is 5.26 Å². The number of rotatable bonds is 4. The summed E-state index contributed by atoms with van der Waals surface area (Å²) >= 11 is 7.06. The molecule has 0 amide bonds. The van der Waals surface area contributed by atoms with Gasteiger partial charge in [0.25, 0.3) is 0 Å². The Labute approximate surface area is 98.2 Å². The molecular weight excluding hydrogens is 230 g/mol. The van der Waals surface area contributed by atoms with E-state index in [4.69, 9.17) is 16.9 Å². The predicted molar refractivity (Wildman–Crippen MR) is 62.3 cm³/mol. The summed E-state index contributed by atoms with van der Waals surface area (Å²) in [5.74, 6) is 0.766. The maximum Gasteiger partial charge on any atom is 0.162 e. The zero-order valence-electron chi connectivity index (χ0n) is 8.46. The lowest BCUT2D eigenvalue weighted by Crippen LogP contribution is -2.04. The van der Waals surface area contributed by atoms with Crippen LogP contribution in [0.5, 0.6) is 0 Å². The summed E-state index contributed by atoms with van der Waals surface area (Å²) in [5.41, 5.74) is 0.490. The van der Waals surface area contributed by atoms with E-state index < -0.39 is 0 Å². The highest BCUT2D eigenvalue weighted by Crippen LogP contribution is 2.39. The van der Waals surface area contributed by atoms with E-state index >= 15 is 0 Å². The van der Waals surface area contributed by atoms with Gasteiger partial charge in [0.2, 0.25) is 0 Å². The summed E-state index contributed by atoms with van der Waals surface area (Å²) < 4.78 is 3.96. The van der Waals surface area contributed by atoms with Gasteiger partial charge in [-0.05, 0) is 30.3 Å². The Hall–Kier alpha value is -0.790. The summed E-state index contributed by atoms with van der Waals surface area (Å²) in [5, 5.41) is 13.4. The van der Waals surface area contributed by atoms with Crippen LogP contribution in [-0.2, 0) is 0 Å². The number of nitrogens with zero attached hydrogens (tertiary/aromatic N) is 2. The molecule has 0 radical (unpaired) electrons. The van der Waals surface area contributed by atoms with Crippen LogP contribution in [0.25, 0.3) is 0 Å². The summed E-state index contributed by atoms with van der Waals surface area (Å²) in [6.07, 6.45) is 3.68. The monoisotopic (exact) mass is 241 g/mol. The van der Waals surface area contributed by atoms with Crippen molar-refractivity contribution >= 4 is 28.1 Å². The Morgan fingerprint density at radius 3 is 3.20 bits per heavy atom. The van der Waals surface area contributed by atoms with Crippen molar-refractivity contribution in [3.63, 3.8) is 0 Å². The first-order valence-corrected chi connectivity index (χ1v) is 6.23. The molecule has 1 aliphatic carbocycles. The zero-order chi connectivity index (χ0) is 10.8. The number of hydrogen-bond acceptors (Lipinski definition) is 4. The second-order valence-electron chi connectivity index (χ2n) is 3.82. The smallest absolute Gasteiger partial charge is 0.162 e. The van der Waals surface area contributed by atoms with Gasteiger partial charge in [-0.1, -0.05) is 24.9 Å². The minimum absolute atomic E-state index is 0.317. The first kappa shape index (κ1) is 10.7. The SMILES string of the molecule is CCCC1CC1Nc1snc(Cl)c1C#N. The maximum atomic E-state index is 8.88. The number of aromatic nitrogens is 1. The van der Waals surface area contributed by atoms with E-state index in [2.05, 4.69) is 22.7 Å². The van der Waals surface area contributed by atoms with Gasteiger partial charge in [0.1, 0.15) is 16.6 Å². The molecule has 1 aliphatic rings. The summed E-state index contributed by atoms with van der Waals surface area (Å²) in [6.45, 7) is 2.19. The molecule has 2 unspecified atom stereocenters. The molecule has 0 aromatic carbocycles. The van der Waals surface area contributed by atoms with Crippen LogP contribution in [-0.4, -0.2) is 10.4 Å². The molecule has 2 atom stereocenters. The van der Waals surface area contributed by atoms with Gasteiger partial charge in [-0.3, -0.25) is 0 Å². The van der Waals surface area contributed by atoms with Crippen molar-refractivity contribution in [3.8, 4) is 6.07 Å². The van der Waals surface area contributed by atoms with Crippen molar-refractivity contribution in [2.24, 2.45) is 5.92 Å². The van der Waals surface area contributed by atoms with Crippen LogP contribution in [0.2, 0.25) is 5.15 Å². The Balaban J connectivity index is 1.98. The molecule has 2 rings (SSSR count). The van der Waals surface area contributed by atoms with E-state index in [1.807, 2.05) is 0 Å². The van der Waals surface area contributed by atoms with Gasteiger partial charge in [0, 0.05) is 6.04 Å². The van der Waals surface area contributed by atoms with E-state index in [0.29, 0.717) is 16.8 Å². The van der Waals surface area contributed by atoms with Gasteiger partial charge in [-0.15, -0.1) is 0 Å². The van der Waals surface area contributed by atoms with E-state index in [1.165, 1.54) is 30.8 Å². The topological polar surface area (TPSA) is 48.7 Å². The molecular formula is C10H12ClN3S. The van der Waals surface area contributed by atoms with Crippen LogP contribution in [0.4, 0.5) is 5.00 Å². The third-order valence-electron chi connectivity index (χ3n) is 2.66. The highest BCUT2D eigenvalue weighted by atomic mass is 35.5.